The number of rotatable bonds is 7. The van der Waals surface area contributed by atoms with Crippen LogP contribution in [0.2, 0.25) is 0 Å². The topological polar surface area (TPSA) is 124 Å². The van der Waals surface area contributed by atoms with Crippen LogP contribution >= 0.6 is 0 Å². The van der Waals surface area contributed by atoms with Crippen LogP contribution in [-0.4, -0.2) is 58.7 Å². The Morgan fingerprint density at radius 2 is 1.88 bits per heavy atom. The van der Waals surface area contributed by atoms with Gasteiger partial charge in [0.2, 0.25) is 10.0 Å². The van der Waals surface area contributed by atoms with E-state index in [0.717, 1.165) is 10.9 Å². The van der Waals surface area contributed by atoms with E-state index in [1.165, 1.54) is 35.7 Å². The minimum atomic E-state index is -3.84. The molecule has 0 radical (unpaired) electrons. The standard InChI is InChI=1S/C23H24N2O8S/c1-15-11-23(27)33-20-13-17(4-5-18(15)20)32-14-22(26)24-16-3-6-19(30-2)21(12-16)34(28,29)25-7-9-31-10-8-25/h3-6,11-13H,7-10,14H2,1-2H3,(H,24,26). The van der Waals surface area contributed by atoms with Crippen LogP contribution in [0.15, 0.2) is 56.6 Å². The van der Waals surface area contributed by atoms with E-state index in [0.29, 0.717) is 24.5 Å². The fraction of sp³-hybridized carbons (Fsp3) is 0.304. The first-order valence-corrected chi connectivity index (χ1v) is 11.9. The molecule has 0 aliphatic carbocycles. The number of nitrogens with one attached hydrogen (secondary N) is 1. The van der Waals surface area contributed by atoms with Crippen LogP contribution in [0.4, 0.5) is 5.69 Å². The molecule has 1 amide bonds. The molecule has 2 heterocycles. The zero-order chi connectivity index (χ0) is 24.3. The summed E-state index contributed by atoms with van der Waals surface area (Å²) in [6.45, 7) is 2.57. The molecule has 1 fully saturated rings. The smallest absolute Gasteiger partial charge is 0.336 e. The highest BCUT2D eigenvalue weighted by Crippen LogP contribution is 2.30. The molecule has 1 aliphatic heterocycles. The van der Waals surface area contributed by atoms with Gasteiger partial charge in [0.05, 0.1) is 20.3 Å². The van der Waals surface area contributed by atoms with Gasteiger partial charge in [0.25, 0.3) is 5.91 Å². The van der Waals surface area contributed by atoms with E-state index in [1.54, 1.807) is 25.1 Å². The average Bonchev–Trinajstić information content (AvgIpc) is 2.83. The molecule has 2 aromatic carbocycles. The number of nitrogens with zero attached hydrogens (tertiary/aromatic N) is 1. The lowest BCUT2D eigenvalue weighted by Crippen LogP contribution is -2.40. The summed E-state index contributed by atoms with van der Waals surface area (Å²) < 4.78 is 48.7. The third-order valence-corrected chi connectivity index (χ3v) is 7.25. The fourth-order valence-electron chi connectivity index (χ4n) is 3.62. The number of carbonyl (C=O) groups excluding carboxylic acids is 1. The van der Waals surface area contributed by atoms with E-state index in [2.05, 4.69) is 5.32 Å². The first kappa shape index (κ1) is 23.7. The molecule has 0 atom stereocenters. The summed E-state index contributed by atoms with van der Waals surface area (Å²) in [4.78, 5) is 24.0. The van der Waals surface area contributed by atoms with Crippen molar-refractivity contribution in [2.75, 3.05) is 45.3 Å². The number of anilines is 1. The highest BCUT2D eigenvalue weighted by molar-refractivity contribution is 7.89. The predicted molar refractivity (Wildman–Crippen MR) is 124 cm³/mol. The first-order chi connectivity index (χ1) is 16.3. The van der Waals surface area contributed by atoms with E-state index < -0.39 is 21.6 Å². The van der Waals surface area contributed by atoms with Crippen LogP contribution in [0.3, 0.4) is 0 Å². The molecule has 1 aliphatic rings. The van der Waals surface area contributed by atoms with Crippen molar-refractivity contribution in [2.24, 2.45) is 0 Å². The Hall–Kier alpha value is -3.41. The van der Waals surface area contributed by atoms with Gasteiger partial charge in [-0.15, -0.1) is 0 Å². The van der Waals surface area contributed by atoms with E-state index in [4.69, 9.17) is 18.6 Å². The minimum absolute atomic E-state index is 0.0458. The molecule has 0 bridgehead atoms. The lowest BCUT2D eigenvalue weighted by atomic mass is 10.1. The number of amides is 1. The van der Waals surface area contributed by atoms with Gasteiger partial charge in [0.15, 0.2) is 6.61 Å². The molecular formula is C23H24N2O8S. The van der Waals surface area contributed by atoms with Crippen LogP contribution < -0.4 is 20.4 Å². The number of benzene rings is 2. The molecule has 34 heavy (non-hydrogen) atoms. The number of aryl methyl sites for hydroxylation is 1. The maximum Gasteiger partial charge on any atom is 0.336 e. The van der Waals surface area contributed by atoms with E-state index in [9.17, 15) is 18.0 Å². The summed E-state index contributed by atoms with van der Waals surface area (Å²) in [5.74, 6) is 0.0288. The van der Waals surface area contributed by atoms with Crippen molar-refractivity contribution < 1.29 is 31.8 Å². The van der Waals surface area contributed by atoms with Crippen molar-refractivity contribution >= 4 is 32.6 Å². The number of hydrogen-bond acceptors (Lipinski definition) is 8. The zero-order valence-electron chi connectivity index (χ0n) is 18.7. The van der Waals surface area contributed by atoms with E-state index in [1.807, 2.05) is 0 Å². The van der Waals surface area contributed by atoms with Crippen LogP contribution in [0.1, 0.15) is 5.56 Å². The van der Waals surface area contributed by atoms with Crippen LogP contribution in [0.5, 0.6) is 11.5 Å². The summed E-state index contributed by atoms with van der Waals surface area (Å²) in [6, 6.07) is 10.7. The van der Waals surface area contributed by atoms with Gasteiger partial charge in [0.1, 0.15) is 22.0 Å². The van der Waals surface area contributed by atoms with Gasteiger partial charge in [-0.05, 0) is 42.8 Å². The number of morpholine rings is 1. The molecule has 180 valence electrons. The molecule has 3 aromatic rings. The Labute approximate surface area is 196 Å². The second-order valence-corrected chi connectivity index (χ2v) is 9.53. The van der Waals surface area contributed by atoms with Gasteiger partial charge in [-0.2, -0.15) is 4.31 Å². The van der Waals surface area contributed by atoms with Crippen LogP contribution in [-0.2, 0) is 19.6 Å². The molecule has 0 saturated carbocycles. The predicted octanol–water partition coefficient (Wildman–Crippen LogP) is 2.15. The summed E-state index contributed by atoms with van der Waals surface area (Å²) in [5, 5.41) is 3.40. The van der Waals surface area contributed by atoms with Crippen molar-refractivity contribution in [3.63, 3.8) is 0 Å². The SMILES string of the molecule is COc1ccc(NC(=O)COc2ccc3c(C)cc(=O)oc3c2)cc1S(=O)(=O)N1CCOCC1. The zero-order valence-corrected chi connectivity index (χ0v) is 19.5. The Morgan fingerprint density at radius 3 is 2.62 bits per heavy atom. The number of carbonyl (C=O) groups is 1. The monoisotopic (exact) mass is 488 g/mol. The third kappa shape index (κ3) is 5.06. The van der Waals surface area contributed by atoms with Crippen LogP contribution in [0.25, 0.3) is 11.0 Å². The molecule has 10 nitrogen and oxygen atoms in total. The Morgan fingerprint density at radius 1 is 1.12 bits per heavy atom. The van der Waals surface area contributed by atoms with Gasteiger partial charge in [-0.1, -0.05) is 0 Å². The second kappa shape index (κ2) is 9.84. The molecular weight excluding hydrogens is 464 g/mol. The number of sulfonamides is 1. The molecule has 1 aromatic heterocycles. The van der Waals surface area contributed by atoms with Crippen molar-refractivity contribution in [3.05, 3.63) is 58.4 Å². The normalized spacial score (nSPS) is 14.6. The Kier molecular flexibility index (Phi) is 6.87. The van der Waals surface area contributed by atoms with Gasteiger partial charge in [-0.25, -0.2) is 13.2 Å². The number of ether oxygens (including phenoxy) is 3. The minimum Gasteiger partial charge on any atom is -0.495 e. The first-order valence-electron chi connectivity index (χ1n) is 10.5. The van der Waals surface area contributed by atoms with Gasteiger partial charge in [-0.3, -0.25) is 4.79 Å². The summed E-state index contributed by atoms with van der Waals surface area (Å²) in [5.41, 5.74) is 0.942. The number of methoxy groups -OCH3 is 1. The highest BCUT2D eigenvalue weighted by atomic mass is 32.2. The molecule has 0 unspecified atom stereocenters. The quantitative estimate of drug-likeness (QED) is 0.502. The van der Waals surface area contributed by atoms with Gasteiger partial charge in [0, 0.05) is 36.3 Å². The van der Waals surface area contributed by atoms with Gasteiger partial charge < -0.3 is 23.9 Å². The molecule has 11 heteroatoms. The fourth-order valence-corrected chi connectivity index (χ4v) is 5.21. The molecule has 1 saturated heterocycles. The van der Waals surface area contributed by atoms with Gasteiger partial charge >= 0.3 is 5.63 Å². The molecule has 4 rings (SSSR count). The molecule has 1 N–H and O–H groups in total. The third-order valence-electron chi connectivity index (χ3n) is 5.33. The van der Waals surface area contributed by atoms with E-state index >= 15 is 0 Å². The maximum absolute atomic E-state index is 13.1. The van der Waals surface area contributed by atoms with Crippen molar-refractivity contribution in [2.45, 2.75) is 11.8 Å². The second-order valence-electron chi connectivity index (χ2n) is 7.63. The Balaban J connectivity index is 1.47. The Bertz CT molecular complexity index is 1380. The lowest BCUT2D eigenvalue weighted by molar-refractivity contribution is -0.118. The van der Waals surface area contributed by atoms with E-state index in [-0.39, 0.29) is 36.0 Å². The lowest BCUT2D eigenvalue weighted by Gasteiger charge is -2.26. The van der Waals surface area contributed by atoms with Crippen LogP contribution in [0, 0.1) is 6.92 Å². The molecule has 0 spiro atoms. The summed E-state index contributed by atoms with van der Waals surface area (Å²) >= 11 is 0. The summed E-state index contributed by atoms with van der Waals surface area (Å²) in [6.07, 6.45) is 0. The highest BCUT2D eigenvalue weighted by Gasteiger charge is 2.29. The largest absolute Gasteiger partial charge is 0.495 e. The van der Waals surface area contributed by atoms with Crippen molar-refractivity contribution in [1.29, 1.82) is 0 Å². The number of fused-ring (bicyclic) bond motifs is 1. The number of hydrogen-bond donors (Lipinski definition) is 1. The maximum atomic E-state index is 13.1. The average molecular weight is 489 g/mol. The van der Waals surface area contributed by atoms with Crippen molar-refractivity contribution in [1.82, 2.24) is 4.31 Å². The summed E-state index contributed by atoms with van der Waals surface area (Å²) in [7, 11) is -2.45. The van der Waals surface area contributed by atoms with Crippen molar-refractivity contribution in [3.8, 4) is 11.5 Å².